The summed E-state index contributed by atoms with van der Waals surface area (Å²) >= 11 is 2.76. The van der Waals surface area contributed by atoms with Gasteiger partial charge in [0.1, 0.15) is 5.25 Å². The van der Waals surface area contributed by atoms with Crippen molar-refractivity contribution in [2.75, 3.05) is 5.32 Å². The van der Waals surface area contributed by atoms with Gasteiger partial charge in [0.25, 0.3) is 0 Å². The molecule has 0 aliphatic carbocycles. The number of aromatic nitrogens is 2. The number of amides is 1. The highest BCUT2D eigenvalue weighted by Gasteiger charge is 2.21. The second-order valence-corrected chi connectivity index (χ2v) is 8.30. The van der Waals surface area contributed by atoms with E-state index >= 15 is 0 Å². The lowest BCUT2D eigenvalue weighted by molar-refractivity contribution is -0.117. The van der Waals surface area contributed by atoms with Gasteiger partial charge < -0.3 is 11.1 Å². The molecule has 140 valence electrons. The number of rotatable bonds is 8. The normalized spacial score (nSPS) is 11.9. The summed E-state index contributed by atoms with van der Waals surface area (Å²) in [7, 11) is 0. The van der Waals surface area contributed by atoms with Crippen LogP contribution in [0.25, 0.3) is 0 Å². The van der Waals surface area contributed by atoms with Crippen molar-refractivity contribution >= 4 is 39.8 Å². The van der Waals surface area contributed by atoms with Gasteiger partial charge >= 0.3 is 0 Å². The molecule has 1 heterocycles. The van der Waals surface area contributed by atoms with E-state index in [0.29, 0.717) is 9.47 Å². The van der Waals surface area contributed by atoms with Crippen LogP contribution < -0.4 is 11.1 Å². The monoisotopic (exact) mass is 398 g/mol. The third kappa shape index (κ3) is 4.67. The first-order chi connectivity index (χ1) is 13.1. The number of hydrogen-bond donors (Lipinski definition) is 2. The van der Waals surface area contributed by atoms with Crippen LogP contribution >= 0.6 is 23.1 Å². The van der Waals surface area contributed by atoms with Crippen LogP contribution in [0.15, 0.2) is 52.9 Å². The Hall–Kier alpha value is -2.38. The number of primary amides is 1. The molecule has 0 saturated heterocycles. The number of thioether (sulfide) groups is 1. The Balaban J connectivity index is 1.80. The van der Waals surface area contributed by atoms with Crippen molar-refractivity contribution in [1.82, 2.24) is 10.2 Å². The van der Waals surface area contributed by atoms with E-state index in [2.05, 4.69) is 47.6 Å². The van der Waals surface area contributed by atoms with Crippen molar-refractivity contribution in [2.45, 2.75) is 36.3 Å². The fourth-order valence-electron chi connectivity index (χ4n) is 2.84. The van der Waals surface area contributed by atoms with Crippen molar-refractivity contribution in [3.63, 3.8) is 0 Å². The number of anilines is 2. The van der Waals surface area contributed by atoms with E-state index in [9.17, 15) is 4.79 Å². The van der Waals surface area contributed by atoms with Gasteiger partial charge in [0.05, 0.1) is 0 Å². The van der Waals surface area contributed by atoms with Gasteiger partial charge in [-0.1, -0.05) is 85.5 Å². The molecule has 0 radical (unpaired) electrons. The second-order valence-electron chi connectivity index (χ2n) is 5.97. The van der Waals surface area contributed by atoms with Crippen molar-refractivity contribution in [2.24, 2.45) is 5.73 Å². The molecule has 1 unspecified atom stereocenters. The fraction of sp³-hybridized carbons (Fsp3) is 0.250. The lowest BCUT2D eigenvalue weighted by Gasteiger charge is -2.13. The van der Waals surface area contributed by atoms with Gasteiger partial charge in [-0.25, -0.2) is 0 Å². The highest BCUT2D eigenvalue weighted by Crippen LogP contribution is 2.38. The van der Waals surface area contributed by atoms with Crippen LogP contribution in [0.2, 0.25) is 0 Å². The maximum atomic E-state index is 11.9. The van der Waals surface area contributed by atoms with E-state index in [0.717, 1.165) is 24.1 Å². The number of nitrogens with one attached hydrogen (secondary N) is 1. The first-order valence-electron chi connectivity index (χ1n) is 8.84. The van der Waals surface area contributed by atoms with Gasteiger partial charge in [-0.15, -0.1) is 10.2 Å². The quantitative estimate of drug-likeness (QED) is 0.536. The zero-order valence-electron chi connectivity index (χ0n) is 15.3. The van der Waals surface area contributed by atoms with E-state index in [-0.39, 0.29) is 5.91 Å². The Bertz CT molecular complexity index is 889. The summed E-state index contributed by atoms with van der Waals surface area (Å²) in [5.74, 6) is -0.388. The second kappa shape index (κ2) is 9.01. The molecule has 27 heavy (non-hydrogen) atoms. The summed E-state index contributed by atoms with van der Waals surface area (Å²) in [4.78, 5) is 11.9. The van der Waals surface area contributed by atoms with Gasteiger partial charge in [0.15, 0.2) is 4.34 Å². The van der Waals surface area contributed by atoms with Crippen LogP contribution in [0, 0.1) is 0 Å². The minimum atomic E-state index is -0.485. The molecule has 0 saturated carbocycles. The van der Waals surface area contributed by atoms with Gasteiger partial charge in [-0.3, -0.25) is 4.79 Å². The Kier molecular flexibility index (Phi) is 6.47. The topological polar surface area (TPSA) is 80.9 Å². The zero-order valence-corrected chi connectivity index (χ0v) is 16.9. The molecule has 7 heteroatoms. The maximum absolute atomic E-state index is 11.9. The zero-order chi connectivity index (χ0) is 19.2. The van der Waals surface area contributed by atoms with Gasteiger partial charge in [-0.05, 0) is 29.5 Å². The fourth-order valence-corrected chi connectivity index (χ4v) is 4.74. The number of hydrogen-bond acceptors (Lipinski definition) is 6. The number of para-hydroxylation sites is 1. The lowest BCUT2D eigenvalue weighted by Crippen LogP contribution is -2.18. The average Bonchev–Trinajstić information content (AvgIpc) is 3.14. The van der Waals surface area contributed by atoms with Crippen molar-refractivity contribution < 1.29 is 4.79 Å². The van der Waals surface area contributed by atoms with Gasteiger partial charge in [0.2, 0.25) is 11.0 Å². The van der Waals surface area contributed by atoms with E-state index in [4.69, 9.17) is 5.73 Å². The largest absolute Gasteiger partial charge is 0.368 e. The van der Waals surface area contributed by atoms with E-state index in [1.165, 1.54) is 34.2 Å². The molecule has 0 spiro atoms. The number of carbonyl (C=O) groups is 1. The Labute approximate surface area is 167 Å². The highest BCUT2D eigenvalue weighted by molar-refractivity contribution is 8.01. The number of nitrogens with zero attached hydrogens (tertiary/aromatic N) is 2. The van der Waals surface area contributed by atoms with E-state index < -0.39 is 5.25 Å². The predicted molar refractivity (Wildman–Crippen MR) is 113 cm³/mol. The molecule has 3 N–H and O–H groups in total. The van der Waals surface area contributed by atoms with Crippen molar-refractivity contribution in [3.05, 3.63) is 65.2 Å². The Morgan fingerprint density at radius 2 is 1.74 bits per heavy atom. The average molecular weight is 399 g/mol. The summed E-state index contributed by atoms with van der Waals surface area (Å²) < 4.78 is 0.706. The molecular formula is C20H22N4OS2. The number of aryl methyl sites for hydroxylation is 2. The molecule has 1 amide bonds. The molecule has 1 atom stereocenters. The summed E-state index contributed by atoms with van der Waals surface area (Å²) in [5, 5.41) is 12.1. The molecule has 5 nitrogen and oxygen atoms in total. The van der Waals surface area contributed by atoms with Crippen LogP contribution in [0.3, 0.4) is 0 Å². The highest BCUT2D eigenvalue weighted by atomic mass is 32.2. The Morgan fingerprint density at radius 1 is 1.07 bits per heavy atom. The van der Waals surface area contributed by atoms with Crippen LogP contribution in [0.5, 0.6) is 0 Å². The molecule has 1 aromatic heterocycles. The molecule has 2 aromatic carbocycles. The van der Waals surface area contributed by atoms with Crippen LogP contribution in [-0.2, 0) is 17.6 Å². The van der Waals surface area contributed by atoms with Gasteiger partial charge in [0, 0.05) is 5.69 Å². The third-order valence-electron chi connectivity index (χ3n) is 4.22. The maximum Gasteiger partial charge on any atom is 0.235 e. The SMILES string of the molecule is CCc1cccc(CC)c1Nc1nnc(SC(C(N)=O)c2ccccc2)s1. The molecule has 0 aliphatic heterocycles. The summed E-state index contributed by atoms with van der Waals surface area (Å²) in [6.07, 6.45) is 1.88. The van der Waals surface area contributed by atoms with Crippen molar-refractivity contribution in [3.8, 4) is 0 Å². The van der Waals surface area contributed by atoms with E-state index in [1.54, 1.807) is 0 Å². The first kappa shape index (κ1) is 19.4. The minimum absolute atomic E-state index is 0.388. The first-order valence-corrected chi connectivity index (χ1v) is 10.5. The molecular weight excluding hydrogens is 376 g/mol. The predicted octanol–water partition coefficient (Wildman–Crippen LogP) is 4.73. The van der Waals surface area contributed by atoms with E-state index in [1.807, 2.05) is 30.3 Å². The Morgan fingerprint density at radius 3 is 2.33 bits per heavy atom. The lowest BCUT2D eigenvalue weighted by atomic mass is 10.0. The number of benzene rings is 2. The third-order valence-corrected chi connectivity index (χ3v) is 6.41. The molecule has 0 bridgehead atoms. The van der Waals surface area contributed by atoms with Crippen molar-refractivity contribution in [1.29, 1.82) is 0 Å². The summed E-state index contributed by atoms with van der Waals surface area (Å²) in [5.41, 5.74) is 10.1. The molecule has 3 aromatic rings. The summed E-state index contributed by atoms with van der Waals surface area (Å²) in [6.45, 7) is 4.28. The number of carbonyl (C=O) groups excluding carboxylic acids is 1. The molecule has 3 rings (SSSR count). The summed E-state index contributed by atoms with van der Waals surface area (Å²) in [6, 6.07) is 15.8. The minimum Gasteiger partial charge on any atom is -0.368 e. The smallest absolute Gasteiger partial charge is 0.235 e. The number of nitrogens with two attached hydrogens (primary N) is 1. The van der Waals surface area contributed by atoms with Crippen LogP contribution in [0.1, 0.15) is 35.8 Å². The molecule has 0 fully saturated rings. The van der Waals surface area contributed by atoms with Crippen LogP contribution in [-0.4, -0.2) is 16.1 Å². The molecule has 0 aliphatic rings. The standard InChI is InChI=1S/C20H22N4OS2/c1-3-13-11-8-12-14(4-2)16(13)22-19-23-24-20(27-19)26-17(18(21)25)15-9-6-5-7-10-15/h5-12,17H,3-4H2,1-2H3,(H2,21,25)(H,22,23). The van der Waals surface area contributed by atoms with Gasteiger partial charge in [-0.2, -0.15) is 0 Å². The van der Waals surface area contributed by atoms with Crippen LogP contribution in [0.4, 0.5) is 10.8 Å².